The van der Waals surface area contributed by atoms with Crippen molar-refractivity contribution in [3.63, 3.8) is 0 Å². The molecule has 2 aromatic rings. The lowest BCUT2D eigenvalue weighted by Gasteiger charge is -2.12. The average Bonchev–Trinajstić information content (AvgIpc) is 2.58. The van der Waals surface area contributed by atoms with Gasteiger partial charge in [-0.05, 0) is 37.1 Å². The highest BCUT2D eigenvalue weighted by Gasteiger charge is 2.14. The van der Waals surface area contributed by atoms with Crippen molar-refractivity contribution in [3.8, 4) is 5.75 Å². The number of hydrogen-bond donors (Lipinski definition) is 2. The Balaban J connectivity index is 2.03. The van der Waals surface area contributed by atoms with Gasteiger partial charge in [-0.2, -0.15) is 0 Å². The molecule has 5 heteroatoms. The number of carbonyl (C=O) groups excluding carboxylic acids is 2. The minimum absolute atomic E-state index is 0.358. The third-order valence-corrected chi connectivity index (χ3v) is 3.27. The molecule has 23 heavy (non-hydrogen) atoms. The maximum absolute atomic E-state index is 12.2. The first-order valence-corrected chi connectivity index (χ1v) is 7.51. The van der Waals surface area contributed by atoms with Crippen molar-refractivity contribution in [1.29, 1.82) is 0 Å². The Labute approximate surface area is 135 Å². The van der Waals surface area contributed by atoms with Crippen LogP contribution < -0.4 is 15.6 Å². The summed E-state index contributed by atoms with van der Waals surface area (Å²) in [7, 11) is 0. The quantitative estimate of drug-likeness (QED) is 0.834. The van der Waals surface area contributed by atoms with Crippen molar-refractivity contribution in [2.24, 2.45) is 0 Å². The number of nitrogens with one attached hydrogen (secondary N) is 2. The van der Waals surface area contributed by atoms with E-state index >= 15 is 0 Å². The first kappa shape index (κ1) is 16.5. The summed E-state index contributed by atoms with van der Waals surface area (Å²) in [5.41, 5.74) is 6.59. The minimum Gasteiger partial charge on any atom is -0.493 e. The molecule has 0 fully saturated rings. The monoisotopic (exact) mass is 312 g/mol. The van der Waals surface area contributed by atoms with Crippen LogP contribution in [0, 0.1) is 6.92 Å². The molecule has 5 nitrogen and oxygen atoms in total. The van der Waals surface area contributed by atoms with Gasteiger partial charge in [0.1, 0.15) is 5.75 Å². The molecule has 0 unspecified atom stereocenters. The number of para-hydroxylation sites is 1. The molecule has 2 N–H and O–H groups in total. The predicted octanol–water partition coefficient (Wildman–Crippen LogP) is 2.86. The molecular weight excluding hydrogens is 292 g/mol. The minimum atomic E-state index is -0.418. The zero-order chi connectivity index (χ0) is 16.7. The Morgan fingerprint density at radius 2 is 1.48 bits per heavy atom. The van der Waals surface area contributed by atoms with Crippen LogP contribution in [0.25, 0.3) is 0 Å². The SMILES string of the molecule is CCCOc1ccccc1C(=O)NNC(=O)c1ccccc1C. The van der Waals surface area contributed by atoms with Gasteiger partial charge in [0, 0.05) is 5.56 Å². The Morgan fingerprint density at radius 3 is 2.13 bits per heavy atom. The maximum atomic E-state index is 12.2. The van der Waals surface area contributed by atoms with Gasteiger partial charge >= 0.3 is 0 Å². The Kier molecular flexibility index (Phi) is 5.74. The van der Waals surface area contributed by atoms with Crippen molar-refractivity contribution < 1.29 is 14.3 Å². The molecule has 0 aliphatic rings. The lowest BCUT2D eigenvalue weighted by atomic mass is 10.1. The molecule has 2 amide bonds. The largest absolute Gasteiger partial charge is 0.493 e. The number of rotatable bonds is 5. The van der Waals surface area contributed by atoms with Crippen molar-refractivity contribution in [1.82, 2.24) is 10.9 Å². The average molecular weight is 312 g/mol. The standard InChI is InChI=1S/C18H20N2O3/c1-3-12-23-16-11-7-6-10-15(16)18(22)20-19-17(21)14-9-5-4-8-13(14)2/h4-11H,3,12H2,1-2H3,(H,19,21)(H,20,22). The highest BCUT2D eigenvalue weighted by atomic mass is 16.5. The lowest BCUT2D eigenvalue weighted by molar-refractivity contribution is 0.0844. The normalized spacial score (nSPS) is 10.0. The van der Waals surface area contributed by atoms with E-state index in [-0.39, 0.29) is 5.91 Å². The summed E-state index contributed by atoms with van der Waals surface area (Å²) >= 11 is 0. The van der Waals surface area contributed by atoms with E-state index in [9.17, 15) is 9.59 Å². The number of ether oxygens (including phenoxy) is 1. The van der Waals surface area contributed by atoms with Crippen LogP contribution in [0.1, 0.15) is 39.6 Å². The Morgan fingerprint density at radius 1 is 0.913 bits per heavy atom. The molecule has 0 saturated carbocycles. The van der Waals surface area contributed by atoms with E-state index in [0.717, 1.165) is 12.0 Å². The predicted molar refractivity (Wildman–Crippen MR) is 88.3 cm³/mol. The van der Waals surface area contributed by atoms with Gasteiger partial charge in [0.25, 0.3) is 11.8 Å². The summed E-state index contributed by atoms with van der Waals surface area (Å²) in [4.78, 5) is 24.3. The molecule has 0 aliphatic carbocycles. The summed E-state index contributed by atoms with van der Waals surface area (Å²) in [6.07, 6.45) is 0.847. The van der Waals surface area contributed by atoms with E-state index in [1.54, 1.807) is 36.4 Å². The summed E-state index contributed by atoms with van der Waals surface area (Å²) < 4.78 is 5.54. The van der Waals surface area contributed by atoms with Crippen LogP contribution in [0.2, 0.25) is 0 Å². The number of benzene rings is 2. The van der Waals surface area contributed by atoms with Crippen molar-refractivity contribution in [2.45, 2.75) is 20.3 Å². The van der Waals surface area contributed by atoms with E-state index in [1.807, 2.05) is 26.0 Å². The van der Waals surface area contributed by atoms with Crippen LogP contribution in [0.5, 0.6) is 5.75 Å². The third kappa shape index (κ3) is 4.32. The lowest BCUT2D eigenvalue weighted by Crippen LogP contribution is -2.42. The van der Waals surface area contributed by atoms with Gasteiger partial charge in [0.2, 0.25) is 0 Å². The Hall–Kier alpha value is -2.82. The van der Waals surface area contributed by atoms with Gasteiger partial charge in [0.15, 0.2) is 0 Å². The van der Waals surface area contributed by atoms with Crippen molar-refractivity contribution in [3.05, 3.63) is 65.2 Å². The smallest absolute Gasteiger partial charge is 0.273 e. The second-order valence-corrected chi connectivity index (χ2v) is 5.07. The van der Waals surface area contributed by atoms with Gasteiger partial charge in [-0.15, -0.1) is 0 Å². The first-order chi connectivity index (χ1) is 11.1. The number of carbonyl (C=O) groups is 2. The molecule has 0 heterocycles. The first-order valence-electron chi connectivity index (χ1n) is 7.51. The van der Waals surface area contributed by atoms with E-state index in [2.05, 4.69) is 10.9 Å². The number of amides is 2. The van der Waals surface area contributed by atoms with Gasteiger partial charge in [-0.25, -0.2) is 0 Å². The van der Waals surface area contributed by atoms with Crippen LogP contribution >= 0.6 is 0 Å². The molecule has 0 bridgehead atoms. The van der Waals surface area contributed by atoms with E-state index < -0.39 is 5.91 Å². The van der Waals surface area contributed by atoms with E-state index in [1.165, 1.54) is 0 Å². The summed E-state index contributed by atoms with van der Waals surface area (Å²) in [5.74, 6) is -0.279. The summed E-state index contributed by atoms with van der Waals surface area (Å²) in [5, 5.41) is 0. The van der Waals surface area contributed by atoms with Gasteiger partial charge in [-0.3, -0.25) is 20.4 Å². The second-order valence-electron chi connectivity index (χ2n) is 5.07. The fourth-order valence-electron chi connectivity index (χ4n) is 2.07. The fourth-order valence-corrected chi connectivity index (χ4v) is 2.07. The van der Waals surface area contributed by atoms with Crippen LogP contribution in [0.15, 0.2) is 48.5 Å². The Bertz CT molecular complexity index is 698. The van der Waals surface area contributed by atoms with E-state index in [0.29, 0.717) is 23.5 Å². The summed E-state index contributed by atoms with van der Waals surface area (Å²) in [6.45, 7) is 4.36. The topological polar surface area (TPSA) is 67.4 Å². The zero-order valence-corrected chi connectivity index (χ0v) is 13.3. The summed E-state index contributed by atoms with van der Waals surface area (Å²) in [6, 6.07) is 14.1. The van der Waals surface area contributed by atoms with Gasteiger partial charge in [-0.1, -0.05) is 37.3 Å². The van der Waals surface area contributed by atoms with Gasteiger partial charge < -0.3 is 4.74 Å². The molecule has 2 aromatic carbocycles. The van der Waals surface area contributed by atoms with Crippen LogP contribution in [0.4, 0.5) is 0 Å². The molecular formula is C18H20N2O3. The second kappa shape index (κ2) is 7.98. The van der Waals surface area contributed by atoms with Crippen LogP contribution in [-0.4, -0.2) is 18.4 Å². The number of hydrogen-bond acceptors (Lipinski definition) is 3. The van der Waals surface area contributed by atoms with Crippen LogP contribution in [-0.2, 0) is 0 Å². The van der Waals surface area contributed by atoms with Gasteiger partial charge in [0.05, 0.1) is 12.2 Å². The number of hydrazine groups is 1. The highest BCUT2D eigenvalue weighted by Crippen LogP contribution is 2.17. The molecule has 120 valence electrons. The molecule has 0 saturated heterocycles. The zero-order valence-electron chi connectivity index (χ0n) is 13.3. The number of aryl methyl sites for hydroxylation is 1. The molecule has 0 radical (unpaired) electrons. The maximum Gasteiger partial charge on any atom is 0.273 e. The third-order valence-electron chi connectivity index (χ3n) is 3.27. The van der Waals surface area contributed by atoms with E-state index in [4.69, 9.17) is 4.74 Å². The molecule has 0 aromatic heterocycles. The van der Waals surface area contributed by atoms with Crippen molar-refractivity contribution in [2.75, 3.05) is 6.61 Å². The molecule has 0 atom stereocenters. The fraction of sp³-hybridized carbons (Fsp3) is 0.222. The van der Waals surface area contributed by atoms with Crippen molar-refractivity contribution >= 4 is 11.8 Å². The molecule has 0 aliphatic heterocycles. The van der Waals surface area contributed by atoms with Crippen LogP contribution in [0.3, 0.4) is 0 Å². The molecule has 2 rings (SSSR count). The highest BCUT2D eigenvalue weighted by molar-refractivity contribution is 6.00. The molecule has 0 spiro atoms.